The molecule has 6 nitrogen and oxygen atoms in total. The Bertz CT molecular complexity index is 845. The second-order valence-electron chi connectivity index (χ2n) is 5.78. The highest BCUT2D eigenvalue weighted by atomic mass is 32.2. The summed E-state index contributed by atoms with van der Waals surface area (Å²) in [5.41, 5.74) is 0.842. The van der Waals surface area contributed by atoms with E-state index < -0.39 is 24.3 Å². The van der Waals surface area contributed by atoms with E-state index in [0.717, 1.165) is 17.3 Å². The molecule has 1 heterocycles. The van der Waals surface area contributed by atoms with Crippen LogP contribution in [0.5, 0.6) is 11.5 Å². The normalized spacial score (nSPS) is 13.1. The molecule has 0 fully saturated rings. The molecule has 0 bridgehead atoms. The van der Waals surface area contributed by atoms with Crippen LogP contribution in [-0.4, -0.2) is 31.0 Å². The highest BCUT2D eigenvalue weighted by molar-refractivity contribution is 8.00. The van der Waals surface area contributed by atoms with Gasteiger partial charge in [0.2, 0.25) is 6.79 Å². The number of hydrogen-bond donors (Lipinski definition) is 1. The molecule has 2 aromatic rings. The molecule has 1 aliphatic heterocycles. The molecule has 8 heteroatoms. The largest absolute Gasteiger partial charge is 0.455 e. The predicted octanol–water partition coefficient (Wildman–Crippen LogP) is 3.07. The van der Waals surface area contributed by atoms with Crippen LogP contribution in [0.15, 0.2) is 47.4 Å². The maximum absolute atomic E-state index is 13.5. The first-order valence-corrected chi connectivity index (χ1v) is 9.23. The zero-order chi connectivity index (χ0) is 19.2. The average molecular weight is 391 g/mol. The Labute approximate surface area is 160 Å². The van der Waals surface area contributed by atoms with Gasteiger partial charge in [-0.25, -0.2) is 4.39 Å². The molecule has 1 amide bonds. The van der Waals surface area contributed by atoms with Crippen molar-refractivity contribution in [2.45, 2.75) is 17.9 Å². The minimum Gasteiger partial charge on any atom is -0.455 e. The van der Waals surface area contributed by atoms with E-state index in [1.807, 2.05) is 13.0 Å². The van der Waals surface area contributed by atoms with Gasteiger partial charge < -0.3 is 19.5 Å². The fraction of sp³-hybridized carbons (Fsp3) is 0.263. The lowest BCUT2D eigenvalue weighted by Crippen LogP contribution is -2.31. The number of benzene rings is 2. The zero-order valence-electron chi connectivity index (χ0n) is 14.6. The fourth-order valence-electron chi connectivity index (χ4n) is 2.44. The summed E-state index contributed by atoms with van der Waals surface area (Å²) in [7, 11) is 0. The van der Waals surface area contributed by atoms with Gasteiger partial charge in [-0.3, -0.25) is 9.59 Å². The van der Waals surface area contributed by atoms with Gasteiger partial charge in [0, 0.05) is 4.90 Å². The Morgan fingerprint density at radius 1 is 1.22 bits per heavy atom. The standard InChI is InChI=1S/C19H18FNO5S/c1-12(13-6-7-15-16(8-13)26-11-25-15)21-18(22)9-24-19(23)10-27-17-5-3-2-4-14(17)20/h2-8,12H,9-11H2,1H3,(H,21,22)/t12-/m1/s1. The van der Waals surface area contributed by atoms with Crippen LogP contribution in [0.25, 0.3) is 0 Å². The van der Waals surface area contributed by atoms with Gasteiger partial charge in [0.25, 0.3) is 5.91 Å². The smallest absolute Gasteiger partial charge is 0.316 e. The second kappa shape index (κ2) is 8.77. The minimum atomic E-state index is -0.589. The van der Waals surface area contributed by atoms with Gasteiger partial charge in [0.15, 0.2) is 18.1 Å². The molecule has 0 unspecified atom stereocenters. The van der Waals surface area contributed by atoms with E-state index in [2.05, 4.69) is 5.32 Å². The molecule has 1 N–H and O–H groups in total. The fourth-order valence-corrected chi connectivity index (χ4v) is 3.17. The molecular formula is C19H18FNO5S. The Balaban J connectivity index is 1.42. The summed E-state index contributed by atoms with van der Waals surface area (Å²) in [6.07, 6.45) is 0. The monoisotopic (exact) mass is 391 g/mol. The number of carbonyl (C=O) groups is 2. The van der Waals surface area contributed by atoms with E-state index in [0.29, 0.717) is 16.4 Å². The van der Waals surface area contributed by atoms with Gasteiger partial charge in [0.05, 0.1) is 11.8 Å². The highest BCUT2D eigenvalue weighted by Crippen LogP contribution is 2.34. The molecule has 0 spiro atoms. The van der Waals surface area contributed by atoms with Crippen molar-refractivity contribution in [2.24, 2.45) is 0 Å². The van der Waals surface area contributed by atoms with Crippen molar-refractivity contribution >= 4 is 23.6 Å². The summed E-state index contributed by atoms with van der Waals surface area (Å²) in [5, 5.41) is 2.75. The number of rotatable bonds is 7. The third-order valence-corrected chi connectivity index (χ3v) is 4.84. The van der Waals surface area contributed by atoms with Crippen LogP contribution in [0.3, 0.4) is 0 Å². The lowest BCUT2D eigenvalue weighted by molar-refractivity contribution is -0.146. The molecule has 27 heavy (non-hydrogen) atoms. The van der Waals surface area contributed by atoms with Gasteiger partial charge in [0.1, 0.15) is 5.82 Å². The van der Waals surface area contributed by atoms with Gasteiger partial charge in [-0.05, 0) is 36.8 Å². The van der Waals surface area contributed by atoms with Crippen LogP contribution in [0.1, 0.15) is 18.5 Å². The topological polar surface area (TPSA) is 73.9 Å². The maximum atomic E-state index is 13.5. The number of amides is 1. The highest BCUT2D eigenvalue weighted by Gasteiger charge is 2.17. The Morgan fingerprint density at radius 3 is 2.81 bits per heavy atom. The van der Waals surface area contributed by atoms with Crippen molar-refractivity contribution in [3.05, 3.63) is 53.8 Å². The maximum Gasteiger partial charge on any atom is 0.316 e. The van der Waals surface area contributed by atoms with E-state index >= 15 is 0 Å². The van der Waals surface area contributed by atoms with Crippen molar-refractivity contribution in [1.29, 1.82) is 0 Å². The van der Waals surface area contributed by atoms with Crippen molar-refractivity contribution in [2.75, 3.05) is 19.2 Å². The molecule has 142 valence electrons. The molecule has 0 aromatic heterocycles. The molecule has 3 rings (SSSR count). The van der Waals surface area contributed by atoms with Gasteiger partial charge >= 0.3 is 5.97 Å². The first-order chi connectivity index (χ1) is 13.0. The summed E-state index contributed by atoms with van der Waals surface area (Å²) in [6.45, 7) is 1.59. The molecule has 1 atom stereocenters. The van der Waals surface area contributed by atoms with Crippen LogP contribution in [0.2, 0.25) is 0 Å². The first-order valence-electron chi connectivity index (χ1n) is 8.25. The lowest BCUT2D eigenvalue weighted by atomic mass is 10.1. The summed E-state index contributed by atoms with van der Waals surface area (Å²) < 4.78 is 29.0. The van der Waals surface area contributed by atoms with E-state index in [9.17, 15) is 14.0 Å². The van der Waals surface area contributed by atoms with Gasteiger partial charge in [-0.1, -0.05) is 18.2 Å². The van der Waals surface area contributed by atoms with Crippen molar-refractivity contribution in [3.8, 4) is 11.5 Å². The number of nitrogens with one attached hydrogen (secondary N) is 1. The van der Waals surface area contributed by atoms with Crippen LogP contribution in [0, 0.1) is 5.82 Å². The summed E-state index contributed by atoms with van der Waals surface area (Å²) >= 11 is 1.02. The SMILES string of the molecule is C[C@@H](NC(=O)COC(=O)CSc1ccccc1F)c1ccc2c(c1)OCO2. The second-order valence-corrected chi connectivity index (χ2v) is 6.80. The third-order valence-electron chi connectivity index (χ3n) is 3.82. The number of hydrogen-bond acceptors (Lipinski definition) is 6. The van der Waals surface area contributed by atoms with Gasteiger partial charge in [-0.2, -0.15) is 0 Å². The summed E-state index contributed by atoms with van der Waals surface area (Å²) in [5.74, 6) is -0.195. The third kappa shape index (κ3) is 5.13. The van der Waals surface area contributed by atoms with Crippen LogP contribution in [0.4, 0.5) is 4.39 Å². The number of fused-ring (bicyclic) bond motifs is 1. The van der Waals surface area contributed by atoms with Gasteiger partial charge in [-0.15, -0.1) is 11.8 Å². The van der Waals surface area contributed by atoms with E-state index in [-0.39, 0.29) is 18.6 Å². The van der Waals surface area contributed by atoms with Crippen LogP contribution >= 0.6 is 11.8 Å². The van der Waals surface area contributed by atoms with Crippen molar-refractivity contribution in [3.63, 3.8) is 0 Å². The lowest BCUT2D eigenvalue weighted by Gasteiger charge is -2.15. The number of thioether (sulfide) groups is 1. The van der Waals surface area contributed by atoms with Crippen LogP contribution in [-0.2, 0) is 14.3 Å². The molecule has 0 radical (unpaired) electrons. The molecule has 1 aliphatic rings. The number of esters is 1. The van der Waals surface area contributed by atoms with Crippen LogP contribution < -0.4 is 14.8 Å². The zero-order valence-corrected chi connectivity index (χ0v) is 15.4. The first kappa shape index (κ1) is 19.0. The number of ether oxygens (including phenoxy) is 3. The Hall–Kier alpha value is -2.74. The van der Waals surface area contributed by atoms with Crippen molar-refractivity contribution in [1.82, 2.24) is 5.32 Å². The van der Waals surface area contributed by atoms with E-state index in [1.54, 1.807) is 30.3 Å². The number of carbonyl (C=O) groups excluding carboxylic acids is 2. The molecule has 2 aromatic carbocycles. The average Bonchev–Trinajstić information content (AvgIpc) is 3.13. The summed E-state index contributed by atoms with van der Waals surface area (Å²) in [6, 6.07) is 11.3. The molecule has 0 saturated carbocycles. The number of halogens is 1. The summed E-state index contributed by atoms with van der Waals surface area (Å²) in [4.78, 5) is 24.1. The van der Waals surface area contributed by atoms with E-state index in [1.165, 1.54) is 6.07 Å². The Kier molecular flexibility index (Phi) is 6.18. The quantitative estimate of drug-likeness (QED) is 0.578. The Morgan fingerprint density at radius 2 is 2.00 bits per heavy atom. The predicted molar refractivity (Wildman–Crippen MR) is 97.2 cm³/mol. The molecule has 0 aliphatic carbocycles. The molecular weight excluding hydrogens is 373 g/mol. The van der Waals surface area contributed by atoms with E-state index in [4.69, 9.17) is 14.2 Å². The molecule has 0 saturated heterocycles. The minimum absolute atomic E-state index is 0.0775. The van der Waals surface area contributed by atoms with Crippen molar-refractivity contribution < 1.29 is 28.2 Å².